The van der Waals surface area contributed by atoms with Gasteiger partial charge in [0.1, 0.15) is 0 Å². The number of amides is 1. The van der Waals surface area contributed by atoms with E-state index in [1.807, 2.05) is 4.90 Å². The Bertz CT molecular complexity index is 652. The van der Waals surface area contributed by atoms with E-state index in [-0.39, 0.29) is 18.4 Å². The summed E-state index contributed by atoms with van der Waals surface area (Å²) in [7, 11) is 0. The van der Waals surface area contributed by atoms with Gasteiger partial charge >= 0.3 is 5.97 Å². The van der Waals surface area contributed by atoms with Crippen LogP contribution >= 0.6 is 23.2 Å². The summed E-state index contributed by atoms with van der Waals surface area (Å²) in [6.07, 6.45) is 2.58. The molecule has 124 valence electrons. The maximum atomic E-state index is 12.2. The van der Waals surface area contributed by atoms with Crippen LogP contribution in [0.15, 0.2) is 18.2 Å². The molecule has 23 heavy (non-hydrogen) atoms. The average molecular weight is 357 g/mol. The zero-order valence-electron chi connectivity index (χ0n) is 12.5. The average Bonchev–Trinajstić information content (AvgIpc) is 2.99. The number of benzene rings is 1. The SMILES string of the molecule is O=C(CN1C[C@@H]2CCC[C@@]2(C(=O)O)C1)Nc1ccc(Cl)cc1Cl. The first-order valence-corrected chi connectivity index (χ1v) is 8.37. The molecule has 0 radical (unpaired) electrons. The third-order valence-corrected chi connectivity index (χ3v) is 5.49. The summed E-state index contributed by atoms with van der Waals surface area (Å²) in [6.45, 7) is 1.27. The predicted octanol–water partition coefficient (Wildman–Crippen LogP) is 3.12. The fraction of sp³-hybridized carbons (Fsp3) is 0.500. The number of fused-ring (bicyclic) bond motifs is 1. The highest BCUT2D eigenvalue weighted by Gasteiger charge is 2.54. The van der Waals surface area contributed by atoms with Crippen molar-refractivity contribution in [2.24, 2.45) is 11.3 Å². The number of aliphatic carboxylic acids is 1. The van der Waals surface area contributed by atoms with Crippen molar-refractivity contribution >= 4 is 40.8 Å². The number of anilines is 1. The molecule has 2 N–H and O–H groups in total. The lowest BCUT2D eigenvalue weighted by Crippen LogP contribution is -2.37. The van der Waals surface area contributed by atoms with E-state index < -0.39 is 11.4 Å². The standard InChI is InChI=1S/C16H18Cl2N2O3/c17-11-3-4-13(12(18)6-11)19-14(21)8-20-7-10-2-1-5-16(10,9-20)15(22)23/h3-4,6,10H,1-2,5,7-9H2,(H,19,21)(H,22,23)/t10-,16+/m0/s1. The van der Waals surface area contributed by atoms with E-state index in [0.717, 1.165) is 12.8 Å². The molecule has 2 fully saturated rings. The molecule has 2 atom stereocenters. The summed E-state index contributed by atoms with van der Waals surface area (Å²) in [5, 5.41) is 13.2. The molecule has 0 unspecified atom stereocenters. The van der Waals surface area contributed by atoms with Gasteiger partial charge < -0.3 is 10.4 Å². The van der Waals surface area contributed by atoms with E-state index in [1.165, 1.54) is 0 Å². The third-order valence-electron chi connectivity index (χ3n) is 4.94. The molecular weight excluding hydrogens is 339 g/mol. The minimum absolute atomic E-state index is 0.145. The number of halogens is 2. The Morgan fingerprint density at radius 3 is 2.83 bits per heavy atom. The van der Waals surface area contributed by atoms with Gasteiger partial charge in [0.25, 0.3) is 0 Å². The number of carboxylic acids is 1. The van der Waals surface area contributed by atoms with Crippen molar-refractivity contribution in [3.8, 4) is 0 Å². The largest absolute Gasteiger partial charge is 0.481 e. The van der Waals surface area contributed by atoms with Crippen molar-refractivity contribution in [3.05, 3.63) is 28.2 Å². The number of carbonyl (C=O) groups excluding carboxylic acids is 1. The van der Waals surface area contributed by atoms with Crippen molar-refractivity contribution < 1.29 is 14.7 Å². The zero-order chi connectivity index (χ0) is 16.6. The van der Waals surface area contributed by atoms with Gasteiger partial charge in [0, 0.05) is 18.1 Å². The highest BCUT2D eigenvalue weighted by molar-refractivity contribution is 6.36. The second kappa shape index (κ2) is 6.30. The molecule has 1 aromatic carbocycles. The molecule has 5 nitrogen and oxygen atoms in total. The van der Waals surface area contributed by atoms with Crippen LogP contribution < -0.4 is 5.32 Å². The summed E-state index contributed by atoms with van der Waals surface area (Å²) in [5.41, 5.74) is -0.161. The first-order chi connectivity index (χ1) is 10.9. The number of hydrogen-bond donors (Lipinski definition) is 2. The van der Waals surface area contributed by atoms with Crippen LogP contribution in [0.1, 0.15) is 19.3 Å². The van der Waals surface area contributed by atoms with Crippen LogP contribution in [0.3, 0.4) is 0 Å². The van der Waals surface area contributed by atoms with Crippen LogP contribution in [0.25, 0.3) is 0 Å². The Morgan fingerprint density at radius 1 is 1.39 bits per heavy atom. The Kier molecular flexibility index (Phi) is 4.54. The second-order valence-corrected chi connectivity index (χ2v) is 7.24. The van der Waals surface area contributed by atoms with Crippen LogP contribution in [0.4, 0.5) is 5.69 Å². The second-order valence-electron chi connectivity index (χ2n) is 6.39. The molecule has 3 rings (SSSR count). The van der Waals surface area contributed by atoms with Gasteiger partial charge in [0.05, 0.1) is 22.7 Å². The first kappa shape index (κ1) is 16.6. The minimum atomic E-state index is -0.733. The molecule has 1 saturated heterocycles. The maximum Gasteiger partial charge on any atom is 0.311 e. The lowest BCUT2D eigenvalue weighted by molar-refractivity contribution is -0.149. The number of carbonyl (C=O) groups is 2. The van der Waals surface area contributed by atoms with Gasteiger partial charge in [0.2, 0.25) is 5.91 Å². The molecular formula is C16H18Cl2N2O3. The monoisotopic (exact) mass is 356 g/mol. The van der Waals surface area contributed by atoms with Crippen molar-refractivity contribution in [2.45, 2.75) is 19.3 Å². The molecule has 0 spiro atoms. The Balaban J connectivity index is 1.62. The van der Waals surface area contributed by atoms with Crippen LogP contribution in [-0.2, 0) is 9.59 Å². The van der Waals surface area contributed by atoms with Gasteiger partial charge in [-0.1, -0.05) is 29.6 Å². The Labute approximate surface area is 144 Å². The van der Waals surface area contributed by atoms with Crippen molar-refractivity contribution in [2.75, 3.05) is 25.0 Å². The van der Waals surface area contributed by atoms with Crippen molar-refractivity contribution in [3.63, 3.8) is 0 Å². The molecule has 1 heterocycles. The number of nitrogens with zero attached hydrogens (tertiary/aromatic N) is 1. The van der Waals surface area contributed by atoms with Gasteiger partial charge in [-0.05, 0) is 37.0 Å². The van der Waals surface area contributed by atoms with Gasteiger partial charge in [-0.15, -0.1) is 0 Å². The lowest BCUT2D eigenvalue weighted by atomic mass is 9.81. The predicted molar refractivity (Wildman–Crippen MR) is 88.9 cm³/mol. The van der Waals surface area contributed by atoms with E-state index >= 15 is 0 Å². The van der Waals surface area contributed by atoms with E-state index in [2.05, 4.69) is 5.32 Å². The quantitative estimate of drug-likeness (QED) is 0.869. The highest BCUT2D eigenvalue weighted by Crippen LogP contribution is 2.48. The van der Waals surface area contributed by atoms with E-state index in [0.29, 0.717) is 35.2 Å². The molecule has 2 aliphatic rings. The van der Waals surface area contributed by atoms with Crippen LogP contribution in [0.5, 0.6) is 0 Å². The van der Waals surface area contributed by atoms with Crippen molar-refractivity contribution in [1.29, 1.82) is 0 Å². The van der Waals surface area contributed by atoms with Gasteiger partial charge in [-0.3, -0.25) is 14.5 Å². The molecule has 1 aromatic rings. The number of nitrogens with one attached hydrogen (secondary N) is 1. The van der Waals surface area contributed by atoms with Gasteiger partial charge in [-0.25, -0.2) is 0 Å². The number of rotatable bonds is 4. The fourth-order valence-electron chi connectivity index (χ4n) is 3.85. The number of likely N-dealkylation sites (tertiary alicyclic amines) is 1. The molecule has 1 saturated carbocycles. The van der Waals surface area contributed by atoms with E-state index in [4.69, 9.17) is 23.2 Å². The molecule has 1 amide bonds. The Hall–Kier alpha value is -1.30. The summed E-state index contributed by atoms with van der Waals surface area (Å²) >= 11 is 11.9. The molecule has 0 bridgehead atoms. The maximum absolute atomic E-state index is 12.2. The Morgan fingerprint density at radius 2 is 2.17 bits per heavy atom. The van der Waals surface area contributed by atoms with Crippen LogP contribution in [0.2, 0.25) is 10.0 Å². The smallest absolute Gasteiger partial charge is 0.311 e. The zero-order valence-corrected chi connectivity index (χ0v) is 14.0. The molecule has 0 aromatic heterocycles. The molecule has 7 heteroatoms. The summed E-state index contributed by atoms with van der Waals surface area (Å²) < 4.78 is 0. The number of carboxylic acid groups (broad SMARTS) is 1. The summed E-state index contributed by atoms with van der Waals surface area (Å²) in [4.78, 5) is 25.8. The normalized spacial score (nSPS) is 27.0. The summed E-state index contributed by atoms with van der Waals surface area (Å²) in [6, 6.07) is 4.88. The fourth-order valence-corrected chi connectivity index (χ4v) is 4.30. The first-order valence-electron chi connectivity index (χ1n) is 7.61. The number of hydrogen-bond acceptors (Lipinski definition) is 3. The lowest BCUT2D eigenvalue weighted by Gasteiger charge is -2.23. The van der Waals surface area contributed by atoms with E-state index in [1.54, 1.807) is 18.2 Å². The van der Waals surface area contributed by atoms with Crippen LogP contribution in [-0.4, -0.2) is 41.5 Å². The molecule has 1 aliphatic heterocycles. The van der Waals surface area contributed by atoms with Crippen molar-refractivity contribution in [1.82, 2.24) is 4.90 Å². The van der Waals surface area contributed by atoms with Gasteiger partial charge in [0.15, 0.2) is 0 Å². The topological polar surface area (TPSA) is 69.6 Å². The minimum Gasteiger partial charge on any atom is -0.481 e. The van der Waals surface area contributed by atoms with E-state index in [9.17, 15) is 14.7 Å². The highest BCUT2D eigenvalue weighted by atomic mass is 35.5. The van der Waals surface area contributed by atoms with Gasteiger partial charge in [-0.2, -0.15) is 0 Å². The summed E-state index contributed by atoms with van der Waals surface area (Å²) in [5.74, 6) is -0.787. The van der Waals surface area contributed by atoms with Crippen LogP contribution in [0, 0.1) is 11.3 Å². The third kappa shape index (κ3) is 3.18. The molecule has 1 aliphatic carbocycles.